The van der Waals surface area contributed by atoms with Crippen LogP contribution in [-0.2, 0) is 6.42 Å². The Hall–Kier alpha value is -4.47. The number of nitrogens with zero attached hydrogens (tertiary/aromatic N) is 6. The zero-order chi connectivity index (χ0) is 25.8. The van der Waals surface area contributed by atoms with Crippen molar-refractivity contribution in [3.63, 3.8) is 0 Å². The summed E-state index contributed by atoms with van der Waals surface area (Å²) >= 11 is 0. The highest BCUT2D eigenvalue weighted by atomic mass is 16.2. The minimum absolute atomic E-state index is 0.0481. The summed E-state index contributed by atoms with van der Waals surface area (Å²) in [6.45, 7) is 2.02. The second kappa shape index (κ2) is 8.83. The number of rotatable bonds is 3. The maximum Gasteiger partial charge on any atom is 0.326 e. The van der Waals surface area contributed by atoms with Gasteiger partial charge in [0, 0.05) is 42.8 Å². The topological polar surface area (TPSA) is 100 Å². The molecule has 1 amide bonds. The fourth-order valence-corrected chi connectivity index (χ4v) is 5.84. The fourth-order valence-electron chi connectivity index (χ4n) is 5.84. The number of piperidine rings is 1. The molecule has 0 saturated carbocycles. The summed E-state index contributed by atoms with van der Waals surface area (Å²) in [6.07, 6.45) is 5.56. The Morgan fingerprint density at radius 1 is 1.00 bits per heavy atom. The number of pyridine rings is 1. The number of nitrogens with one attached hydrogen (secondary N) is 1. The number of anilines is 2. The number of carbonyl (C=O) groups excluding carboxylic acids is 1. The lowest BCUT2D eigenvalue weighted by Gasteiger charge is -2.33. The first-order chi connectivity index (χ1) is 18.6. The summed E-state index contributed by atoms with van der Waals surface area (Å²) in [7, 11) is 5.91. The predicted octanol–water partition coefficient (Wildman–Crippen LogP) is 2.51. The third kappa shape index (κ3) is 3.67. The van der Waals surface area contributed by atoms with Crippen LogP contribution in [-0.4, -0.2) is 57.9 Å². The van der Waals surface area contributed by atoms with Crippen LogP contribution in [0.2, 0.25) is 0 Å². The summed E-state index contributed by atoms with van der Waals surface area (Å²) in [5.74, 6) is 0.578. The van der Waals surface area contributed by atoms with Gasteiger partial charge in [-0.05, 0) is 37.0 Å². The smallest absolute Gasteiger partial charge is 0.326 e. The number of benzene rings is 2. The number of hydrogen-bond donors (Lipinski definition) is 1. The molecule has 5 aromatic rings. The van der Waals surface area contributed by atoms with Crippen LogP contribution in [0.3, 0.4) is 0 Å². The van der Waals surface area contributed by atoms with Crippen LogP contribution in [0.4, 0.5) is 11.5 Å². The molecule has 2 aromatic carbocycles. The molecule has 1 fully saturated rings. The summed E-state index contributed by atoms with van der Waals surface area (Å²) in [5.41, 5.74) is 5.43. The van der Waals surface area contributed by atoms with Crippen molar-refractivity contribution in [2.75, 3.05) is 29.4 Å². The summed E-state index contributed by atoms with van der Waals surface area (Å²) < 4.78 is 1.85. The Balaban J connectivity index is 1.10. The Kier molecular flexibility index (Phi) is 5.28. The van der Waals surface area contributed by atoms with Gasteiger partial charge >= 0.3 is 5.69 Å². The number of imidazole rings is 1. The van der Waals surface area contributed by atoms with Gasteiger partial charge in [0.25, 0.3) is 5.91 Å². The van der Waals surface area contributed by atoms with Crippen molar-refractivity contribution in [3.8, 4) is 0 Å². The highest BCUT2D eigenvalue weighted by Gasteiger charge is 2.28. The first kappa shape index (κ1) is 22.7. The zero-order valence-corrected chi connectivity index (χ0v) is 20.7. The molecule has 3 aromatic heterocycles. The van der Waals surface area contributed by atoms with E-state index in [9.17, 15) is 9.59 Å². The van der Waals surface area contributed by atoms with Gasteiger partial charge in [0.15, 0.2) is 0 Å². The second-order valence-electron chi connectivity index (χ2n) is 9.91. The molecule has 9 nitrogen and oxygen atoms in total. The fraction of sp³-hybridized carbons (Fsp3) is 0.250. The van der Waals surface area contributed by atoms with Crippen molar-refractivity contribution in [2.24, 2.45) is 0 Å². The van der Waals surface area contributed by atoms with Crippen molar-refractivity contribution >= 4 is 52.7 Å². The van der Waals surface area contributed by atoms with Gasteiger partial charge in [-0.25, -0.2) is 14.8 Å². The summed E-state index contributed by atoms with van der Waals surface area (Å²) in [5, 5.41) is 0.945. The van der Waals surface area contributed by atoms with Gasteiger partial charge < -0.3 is 14.8 Å². The number of aromatic nitrogens is 5. The highest BCUT2D eigenvalue weighted by Crippen LogP contribution is 2.31. The van der Waals surface area contributed by atoms with E-state index in [0.29, 0.717) is 30.8 Å². The lowest BCUT2D eigenvalue weighted by Crippen LogP contribution is -2.37. The van der Waals surface area contributed by atoms with E-state index >= 15 is 0 Å². The van der Waals surface area contributed by atoms with Gasteiger partial charge in [0.05, 0.1) is 22.7 Å². The SMILES string of the molecule is [B]c1ccc2c(c1)CCN2C(=O)c1cc(N2CCC(n3c(=O)[nH]c4c5ccccc5ncc43)CC2)ncn1. The van der Waals surface area contributed by atoms with Crippen LogP contribution in [0.25, 0.3) is 21.9 Å². The van der Waals surface area contributed by atoms with E-state index in [4.69, 9.17) is 7.85 Å². The maximum absolute atomic E-state index is 13.3. The summed E-state index contributed by atoms with van der Waals surface area (Å²) in [6, 6.07) is 15.3. The quantitative estimate of drug-likeness (QED) is 0.382. The minimum Gasteiger partial charge on any atom is -0.356 e. The molecule has 2 radical (unpaired) electrons. The molecule has 1 saturated heterocycles. The van der Waals surface area contributed by atoms with E-state index < -0.39 is 0 Å². The number of para-hydroxylation sites is 1. The third-order valence-electron chi connectivity index (χ3n) is 7.74. The number of carbonyl (C=O) groups is 1. The van der Waals surface area contributed by atoms with Crippen LogP contribution in [0.1, 0.15) is 34.9 Å². The molecule has 10 heteroatoms. The largest absolute Gasteiger partial charge is 0.356 e. The molecule has 2 aliphatic rings. The molecule has 0 aliphatic carbocycles. The molecule has 7 rings (SSSR count). The van der Waals surface area contributed by atoms with Gasteiger partial charge in [-0.3, -0.25) is 14.3 Å². The average Bonchev–Trinajstić information content (AvgIpc) is 3.53. The zero-order valence-electron chi connectivity index (χ0n) is 20.7. The standard InChI is InChI=1S/C28H24BN7O2/c29-18-5-6-23-17(13-18)7-12-35(23)27(37)22-14-25(32-16-31-22)34-10-8-19(9-11-34)36-24-15-30-21-4-2-1-3-20(21)26(24)33-28(36)38/h1-6,13-16,19H,7-12H2,(H,33,38). The molecular weight excluding hydrogens is 477 g/mol. The van der Waals surface area contributed by atoms with Gasteiger partial charge in [-0.15, -0.1) is 0 Å². The van der Waals surface area contributed by atoms with Gasteiger partial charge in [-0.1, -0.05) is 35.8 Å². The van der Waals surface area contributed by atoms with Crippen LogP contribution in [0, 0.1) is 0 Å². The normalized spacial score (nSPS) is 15.9. The molecule has 5 heterocycles. The maximum atomic E-state index is 13.3. The van der Waals surface area contributed by atoms with Gasteiger partial charge in [-0.2, -0.15) is 0 Å². The van der Waals surface area contributed by atoms with Crippen molar-refractivity contribution in [1.82, 2.24) is 24.5 Å². The predicted molar refractivity (Wildman–Crippen MR) is 148 cm³/mol. The molecule has 0 bridgehead atoms. The Morgan fingerprint density at radius 3 is 2.71 bits per heavy atom. The first-order valence-electron chi connectivity index (χ1n) is 12.8. The number of aromatic amines is 1. The lowest BCUT2D eigenvalue weighted by molar-refractivity contribution is 0.0984. The van der Waals surface area contributed by atoms with Crippen LogP contribution < -0.4 is 21.0 Å². The molecule has 1 N–H and O–H groups in total. The third-order valence-corrected chi connectivity index (χ3v) is 7.74. The highest BCUT2D eigenvalue weighted by molar-refractivity contribution is 6.32. The van der Waals surface area contributed by atoms with E-state index in [1.54, 1.807) is 17.2 Å². The lowest BCUT2D eigenvalue weighted by atomic mass is 9.93. The molecular formula is C28H24BN7O2. The van der Waals surface area contributed by atoms with E-state index in [0.717, 1.165) is 58.3 Å². The molecule has 0 unspecified atom stereocenters. The van der Waals surface area contributed by atoms with E-state index in [-0.39, 0.29) is 17.6 Å². The Bertz CT molecular complexity index is 1770. The second-order valence-corrected chi connectivity index (χ2v) is 9.91. The summed E-state index contributed by atoms with van der Waals surface area (Å²) in [4.78, 5) is 46.6. The van der Waals surface area contributed by atoms with Crippen molar-refractivity contribution in [3.05, 3.63) is 82.8 Å². The minimum atomic E-state index is -0.142. The first-order valence-corrected chi connectivity index (χ1v) is 12.8. The van der Waals surface area contributed by atoms with E-state index in [1.165, 1.54) is 6.33 Å². The number of fused-ring (bicyclic) bond motifs is 4. The van der Waals surface area contributed by atoms with E-state index in [1.807, 2.05) is 47.0 Å². The molecule has 38 heavy (non-hydrogen) atoms. The number of hydrogen-bond acceptors (Lipinski definition) is 6. The Labute approximate surface area is 219 Å². The van der Waals surface area contributed by atoms with Crippen molar-refractivity contribution < 1.29 is 4.79 Å². The van der Waals surface area contributed by atoms with Gasteiger partial charge in [0.2, 0.25) is 0 Å². The molecule has 0 atom stereocenters. The van der Waals surface area contributed by atoms with Crippen molar-refractivity contribution in [1.29, 1.82) is 0 Å². The Morgan fingerprint density at radius 2 is 1.84 bits per heavy atom. The molecule has 186 valence electrons. The monoisotopic (exact) mass is 501 g/mol. The number of amides is 1. The molecule has 2 aliphatic heterocycles. The van der Waals surface area contributed by atoms with Gasteiger partial charge in [0.1, 0.15) is 25.7 Å². The van der Waals surface area contributed by atoms with Crippen LogP contribution in [0.15, 0.2) is 65.8 Å². The molecule has 0 spiro atoms. The average molecular weight is 501 g/mol. The van der Waals surface area contributed by atoms with Crippen molar-refractivity contribution in [2.45, 2.75) is 25.3 Å². The number of H-pyrrole nitrogens is 1. The van der Waals surface area contributed by atoms with Crippen LogP contribution >= 0.6 is 0 Å². The van der Waals surface area contributed by atoms with Crippen LogP contribution in [0.5, 0.6) is 0 Å². The van der Waals surface area contributed by atoms with E-state index in [2.05, 4.69) is 24.8 Å².